The predicted molar refractivity (Wildman–Crippen MR) is 67.7 cm³/mol. The summed E-state index contributed by atoms with van der Waals surface area (Å²) in [4.78, 5) is 0.672. The normalized spacial score (nSPS) is 13.4. The standard InChI is InChI=1S/C9H13O4PS2/c1-11-14(15,12-2)13-8-5-4-6-9(7-8)16(3)10/h4-7H,1-3H3. The van der Waals surface area contributed by atoms with E-state index in [1.165, 1.54) is 14.2 Å². The zero-order chi connectivity index (χ0) is 12.2. The van der Waals surface area contributed by atoms with Crippen molar-refractivity contribution in [1.29, 1.82) is 0 Å². The van der Waals surface area contributed by atoms with Crippen molar-refractivity contribution in [3.63, 3.8) is 0 Å². The van der Waals surface area contributed by atoms with Crippen LogP contribution >= 0.6 is 6.72 Å². The van der Waals surface area contributed by atoms with Gasteiger partial charge in [-0.25, -0.2) is 0 Å². The molecular weight excluding hydrogens is 267 g/mol. The Morgan fingerprint density at radius 2 is 1.94 bits per heavy atom. The molecule has 0 N–H and O–H groups in total. The Balaban J connectivity index is 2.93. The lowest BCUT2D eigenvalue weighted by atomic mass is 10.3. The zero-order valence-electron chi connectivity index (χ0n) is 9.21. The van der Waals surface area contributed by atoms with E-state index in [0.717, 1.165) is 0 Å². The molecule has 90 valence electrons. The lowest BCUT2D eigenvalue weighted by Crippen LogP contribution is -1.97. The molecule has 1 atom stereocenters. The van der Waals surface area contributed by atoms with Crippen LogP contribution in [-0.2, 0) is 31.7 Å². The van der Waals surface area contributed by atoms with Crippen LogP contribution in [-0.4, -0.2) is 24.7 Å². The van der Waals surface area contributed by atoms with Crippen molar-refractivity contribution < 1.29 is 17.8 Å². The second-order valence-corrected chi connectivity index (χ2v) is 7.36. The van der Waals surface area contributed by atoms with Gasteiger partial charge in [0.05, 0.1) is 0 Å². The molecule has 1 rings (SSSR count). The third kappa shape index (κ3) is 3.64. The number of hydrogen-bond donors (Lipinski definition) is 0. The minimum Gasteiger partial charge on any atom is -0.424 e. The van der Waals surface area contributed by atoms with Crippen LogP contribution < -0.4 is 4.52 Å². The summed E-state index contributed by atoms with van der Waals surface area (Å²) in [6.45, 7) is -2.72. The molecule has 0 aliphatic carbocycles. The molecule has 0 radical (unpaired) electrons. The van der Waals surface area contributed by atoms with Gasteiger partial charge < -0.3 is 13.6 Å². The minimum atomic E-state index is -2.72. The van der Waals surface area contributed by atoms with E-state index in [2.05, 4.69) is 0 Å². The highest BCUT2D eigenvalue weighted by molar-refractivity contribution is 8.07. The maximum absolute atomic E-state index is 11.3. The fourth-order valence-corrected chi connectivity index (χ4v) is 2.47. The fourth-order valence-electron chi connectivity index (χ4n) is 0.988. The van der Waals surface area contributed by atoms with Crippen LogP contribution in [0.5, 0.6) is 5.75 Å². The predicted octanol–water partition coefficient (Wildman–Crippen LogP) is 2.32. The number of hydrogen-bond acceptors (Lipinski definition) is 5. The molecule has 0 saturated heterocycles. The van der Waals surface area contributed by atoms with Gasteiger partial charge in [0.15, 0.2) is 0 Å². The Bertz CT molecular complexity index is 427. The second kappa shape index (κ2) is 5.89. The minimum absolute atomic E-state index is 0.500. The molecule has 0 amide bonds. The SMILES string of the molecule is COP(=S)(OC)Oc1cccc(S(C)=O)c1. The van der Waals surface area contributed by atoms with E-state index in [9.17, 15) is 4.21 Å². The quantitative estimate of drug-likeness (QED) is 0.774. The van der Waals surface area contributed by atoms with Crippen molar-refractivity contribution in [2.24, 2.45) is 0 Å². The van der Waals surface area contributed by atoms with E-state index < -0.39 is 17.5 Å². The lowest BCUT2D eigenvalue weighted by molar-refractivity contribution is 0.273. The summed E-state index contributed by atoms with van der Waals surface area (Å²) < 4.78 is 26.7. The molecule has 1 aromatic rings. The third-order valence-electron chi connectivity index (χ3n) is 1.80. The Kier molecular flexibility index (Phi) is 5.08. The number of benzene rings is 1. The Morgan fingerprint density at radius 1 is 1.31 bits per heavy atom. The molecule has 0 bridgehead atoms. The van der Waals surface area contributed by atoms with E-state index in [1.807, 2.05) is 0 Å². The van der Waals surface area contributed by atoms with Gasteiger partial charge in [0.1, 0.15) is 5.75 Å². The van der Waals surface area contributed by atoms with Crippen LogP contribution in [0.3, 0.4) is 0 Å². The highest BCUT2D eigenvalue weighted by atomic mass is 32.5. The van der Waals surface area contributed by atoms with Crippen molar-refractivity contribution in [2.75, 3.05) is 20.5 Å². The molecule has 16 heavy (non-hydrogen) atoms. The topological polar surface area (TPSA) is 44.8 Å². The molecule has 7 heteroatoms. The summed E-state index contributed by atoms with van der Waals surface area (Å²) in [5.41, 5.74) is 0. The highest BCUT2D eigenvalue weighted by Crippen LogP contribution is 2.48. The molecule has 0 aromatic heterocycles. The summed E-state index contributed by atoms with van der Waals surface area (Å²) in [7, 11) is 1.82. The largest absolute Gasteiger partial charge is 0.424 e. The van der Waals surface area contributed by atoms with Crippen molar-refractivity contribution in [3.05, 3.63) is 24.3 Å². The van der Waals surface area contributed by atoms with Crippen molar-refractivity contribution in [1.82, 2.24) is 0 Å². The number of rotatable bonds is 5. The Labute approximate surface area is 103 Å². The van der Waals surface area contributed by atoms with E-state index in [1.54, 1.807) is 30.5 Å². The third-order valence-corrected chi connectivity index (χ3v) is 5.17. The van der Waals surface area contributed by atoms with Gasteiger partial charge in [0.25, 0.3) is 0 Å². The first kappa shape index (κ1) is 13.8. The van der Waals surface area contributed by atoms with Crippen molar-refractivity contribution >= 4 is 29.3 Å². The lowest BCUT2D eigenvalue weighted by Gasteiger charge is -2.18. The van der Waals surface area contributed by atoms with Crippen molar-refractivity contribution in [2.45, 2.75) is 4.90 Å². The first-order valence-corrected chi connectivity index (χ1v) is 8.47. The van der Waals surface area contributed by atoms with Crippen LogP contribution in [0.15, 0.2) is 29.2 Å². The monoisotopic (exact) mass is 280 g/mol. The molecule has 0 saturated carbocycles. The molecule has 0 fully saturated rings. The van der Waals surface area contributed by atoms with Crippen LogP contribution in [0.25, 0.3) is 0 Å². The van der Waals surface area contributed by atoms with Crippen molar-refractivity contribution in [3.8, 4) is 5.75 Å². The van der Waals surface area contributed by atoms with Gasteiger partial charge in [-0.1, -0.05) is 6.07 Å². The summed E-state index contributed by atoms with van der Waals surface area (Å²) >= 11 is 5.06. The smallest absolute Gasteiger partial charge is 0.380 e. The first-order valence-electron chi connectivity index (χ1n) is 4.35. The second-order valence-electron chi connectivity index (χ2n) is 2.83. The molecule has 1 unspecified atom stereocenters. The average molecular weight is 280 g/mol. The maximum atomic E-state index is 11.3. The summed E-state index contributed by atoms with van der Waals surface area (Å²) in [6, 6.07) is 6.88. The van der Waals surface area contributed by atoms with Gasteiger partial charge >= 0.3 is 6.72 Å². The Hall–Kier alpha value is -0.260. The van der Waals surface area contributed by atoms with Gasteiger partial charge in [0.2, 0.25) is 0 Å². The zero-order valence-corrected chi connectivity index (χ0v) is 11.7. The van der Waals surface area contributed by atoms with E-state index in [-0.39, 0.29) is 0 Å². The summed E-state index contributed by atoms with van der Waals surface area (Å²) in [5.74, 6) is 0.500. The van der Waals surface area contributed by atoms with Gasteiger partial charge in [-0.15, -0.1) is 0 Å². The first-order chi connectivity index (χ1) is 7.50. The molecule has 1 aromatic carbocycles. The van der Waals surface area contributed by atoms with Crippen LogP contribution in [0.4, 0.5) is 0 Å². The summed E-state index contributed by atoms with van der Waals surface area (Å²) in [6.07, 6.45) is 1.60. The van der Waals surface area contributed by atoms with E-state index in [4.69, 9.17) is 25.4 Å². The summed E-state index contributed by atoms with van der Waals surface area (Å²) in [5, 5.41) is 0. The highest BCUT2D eigenvalue weighted by Gasteiger charge is 2.18. The van der Waals surface area contributed by atoms with Crippen LogP contribution in [0.2, 0.25) is 0 Å². The van der Waals surface area contributed by atoms with Gasteiger partial charge in [-0.3, -0.25) is 4.21 Å². The maximum Gasteiger partial charge on any atom is 0.380 e. The molecule has 0 aliphatic heterocycles. The molecule has 0 spiro atoms. The molecule has 0 aliphatic rings. The molecule has 4 nitrogen and oxygen atoms in total. The average Bonchev–Trinajstić information content (AvgIpc) is 2.29. The van der Waals surface area contributed by atoms with Gasteiger partial charge in [-0.05, 0) is 18.2 Å². The van der Waals surface area contributed by atoms with Crippen LogP contribution in [0, 0.1) is 0 Å². The van der Waals surface area contributed by atoms with E-state index in [0.29, 0.717) is 10.6 Å². The molecular formula is C9H13O4PS2. The van der Waals surface area contributed by atoms with E-state index >= 15 is 0 Å². The van der Waals surface area contributed by atoms with Gasteiger partial charge in [-0.2, -0.15) is 0 Å². The Morgan fingerprint density at radius 3 is 2.44 bits per heavy atom. The van der Waals surface area contributed by atoms with Crippen LogP contribution in [0.1, 0.15) is 0 Å². The fraction of sp³-hybridized carbons (Fsp3) is 0.333. The van der Waals surface area contributed by atoms with Gasteiger partial charge in [0, 0.05) is 48.0 Å². The molecule has 0 heterocycles.